The highest BCUT2D eigenvalue weighted by Crippen LogP contribution is 2.30. The van der Waals surface area contributed by atoms with Gasteiger partial charge in [0.25, 0.3) is 10.2 Å². The van der Waals surface area contributed by atoms with Crippen LogP contribution in [0.5, 0.6) is 0 Å². The topological polar surface area (TPSA) is 40.6 Å². The minimum absolute atomic E-state index is 0.0820. The molecule has 4 nitrogen and oxygen atoms in total. The van der Waals surface area contributed by atoms with Crippen molar-refractivity contribution in [3.63, 3.8) is 0 Å². The van der Waals surface area contributed by atoms with Gasteiger partial charge < -0.3 is 0 Å². The van der Waals surface area contributed by atoms with Crippen LogP contribution in [-0.2, 0) is 10.2 Å². The highest BCUT2D eigenvalue weighted by molar-refractivity contribution is 7.86. The molecule has 0 amide bonds. The lowest BCUT2D eigenvalue weighted by Gasteiger charge is -2.38. The summed E-state index contributed by atoms with van der Waals surface area (Å²) in [5.41, 5.74) is 0.0820. The number of alkyl halides is 1. The molecular formula is C11H23ClN2O2S. The molecule has 102 valence electrons. The molecule has 0 unspecified atom stereocenters. The van der Waals surface area contributed by atoms with Crippen molar-refractivity contribution in [2.24, 2.45) is 5.41 Å². The van der Waals surface area contributed by atoms with Crippen molar-refractivity contribution in [2.75, 3.05) is 32.6 Å². The van der Waals surface area contributed by atoms with Crippen LogP contribution in [0.25, 0.3) is 0 Å². The van der Waals surface area contributed by atoms with Crippen LogP contribution in [0.15, 0.2) is 0 Å². The van der Waals surface area contributed by atoms with E-state index in [9.17, 15) is 8.42 Å². The van der Waals surface area contributed by atoms with Crippen LogP contribution in [0.3, 0.4) is 0 Å². The summed E-state index contributed by atoms with van der Waals surface area (Å²) < 4.78 is 27.6. The first-order chi connectivity index (χ1) is 7.79. The average Bonchev–Trinajstić information content (AvgIpc) is 2.24. The van der Waals surface area contributed by atoms with Gasteiger partial charge in [0.1, 0.15) is 0 Å². The predicted octanol–water partition coefficient (Wildman–Crippen LogP) is 1.91. The third-order valence-electron chi connectivity index (χ3n) is 3.19. The molecule has 0 spiro atoms. The van der Waals surface area contributed by atoms with E-state index in [1.54, 1.807) is 11.4 Å². The molecule has 0 aromatic rings. The Labute approximate surface area is 110 Å². The smallest absolute Gasteiger partial charge is 0.195 e. The molecule has 0 atom stereocenters. The van der Waals surface area contributed by atoms with Gasteiger partial charge in [0.2, 0.25) is 0 Å². The second-order valence-electron chi connectivity index (χ2n) is 5.47. The molecule has 0 aliphatic carbocycles. The van der Waals surface area contributed by atoms with E-state index in [0.29, 0.717) is 31.9 Å². The first kappa shape index (κ1) is 15.2. The fourth-order valence-electron chi connectivity index (χ4n) is 2.16. The van der Waals surface area contributed by atoms with E-state index in [0.717, 1.165) is 12.8 Å². The van der Waals surface area contributed by atoms with E-state index in [-0.39, 0.29) is 5.41 Å². The molecule has 0 saturated carbocycles. The van der Waals surface area contributed by atoms with E-state index in [4.69, 9.17) is 11.6 Å². The second-order valence-corrected chi connectivity index (χ2v) is 7.89. The van der Waals surface area contributed by atoms with Crippen LogP contribution >= 0.6 is 11.6 Å². The Balaban J connectivity index is 2.69. The molecule has 1 aliphatic heterocycles. The number of nitrogens with zero attached hydrogens (tertiary/aromatic N) is 2. The normalized spacial score (nSPS) is 21.9. The van der Waals surface area contributed by atoms with Gasteiger partial charge in [-0.05, 0) is 24.7 Å². The maximum atomic E-state index is 12.3. The van der Waals surface area contributed by atoms with Gasteiger partial charge in [-0.3, -0.25) is 0 Å². The Morgan fingerprint density at radius 2 is 2.06 bits per heavy atom. The summed E-state index contributed by atoms with van der Waals surface area (Å²) in [6, 6.07) is 0. The Morgan fingerprint density at radius 1 is 1.41 bits per heavy atom. The second kappa shape index (κ2) is 5.87. The molecule has 1 heterocycles. The van der Waals surface area contributed by atoms with Gasteiger partial charge >= 0.3 is 0 Å². The van der Waals surface area contributed by atoms with Gasteiger partial charge in [-0.15, -0.1) is 11.6 Å². The largest absolute Gasteiger partial charge is 0.281 e. The number of hydrogen-bond donors (Lipinski definition) is 0. The van der Waals surface area contributed by atoms with Crippen molar-refractivity contribution in [1.29, 1.82) is 0 Å². The molecule has 0 N–H and O–H groups in total. The quantitative estimate of drug-likeness (QED) is 0.723. The third-order valence-corrected chi connectivity index (χ3v) is 5.39. The lowest BCUT2D eigenvalue weighted by Crippen LogP contribution is -2.49. The summed E-state index contributed by atoms with van der Waals surface area (Å²) in [7, 11) is -1.67. The summed E-state index contributed by atoms with van der Waals surface area (Å²) >= 11 is 5.59. The minimum atomic E-state index is -3.30. The Morgan fingerprint density at radius 3 is 2.59 bits per heavy atom. The summed E-state index contributed by atoms with van der Waals surface area (Å²) in [5, 5.41) is 0. The molecule has 1 saturated heterocycles. The van der Waals surface area contributed by atoms with Crippen LogP contribution in [0.1, 0.15) is 33.1 Å². The van der Waals surface area contributed by atoms with E-state index < -0.39 is 10.2 Å². The Hall–Kier alpha value is 0.160. The first-order valence-electron chi connectivity index (χ1n) is 6.07. The van der Waals surface area contributed by atoms with Gasteiger partial charge in [-0.25, -0.2) is 0 Å². The zero-order chi connectivity index (χ0) is 13.1. The summed E-state index contributed by atoms with van der Waals surface area (Å²) in [6.07, 6.45) is 2.72. The molecule has 0 bridgehead atoms. The fraction of sp³-hybridized carbons (Fsp3) is 1.00. The van der Waals surface area contributed by atoms with Crippen molar-refractivity contribution in [2.45, 2.75) is 33.1 Å². The van der Waals surface area contributed by atoms with Gasteiger partial charge in [0.15, 0.2) is 0 Å². The standard InChI is InChI=1S/C11H23ClN2O2S/c1-11(2)6-4-9-14(10-11)17(15,16)13(3)8-5-7-12/h4-10H2,1-3H3. The molecule has 6 heteroatoms. The fourth-order valence-corrected chi connectivity index (χ4v) is 3.91. The van der Waals surface area contributed by atoms with Gasteiger partial charge in [0.05, 0.1) is 0 Å². The first-order valence-corrected chi connectivity index (χ1v) is 8.00. The summed E-state index contributed by atoms with van der Waals surface area (Å²) in [4.78, 5) is 0. The highest BCUT2D eigenvalue weighted by Gasteiger charge is 2.34. The number of halogens is 1. The zero-order valence-electron chi connectivity index (χ0n) is 10.9. The molecule has 1 fully saturated rings. The van der Waals surface area contributed by atoms with E-state index in [2.05, 4.69) is 13.8 Å². The Bertz CT molecular complexity index is 343. The number of rotatable bonds is 5. The SMILES string of the molecule is CN(CCCCl)S(=O)(=O)N1CCCC(C)(C)C1. The van der Waals surface area contributed by atoms with Crippen molar-refractivity contribution in [3.8, 4) is 0 Å². The lowest BCUT2D eigenvalue weighted by atomic mass is 9.85. The third kappa shape index (κ3) is 4.09. The van der Waals surface area contributed by atoms with Gasteiger partial charge in [0, 0.05) is 32.6 Å². The molecular weight excluding hydrogens is 260 g/mol. The maximum absolute atomic E-state index is 12.3. The summed E-state index contributed by atoms with van der Waals surface area (Å²) in [5.74, 6) is 0.491. The number of hydrogen-bond acceptors (Lipinski definition) is 2. The van der Waals surface area contributed by atoms with Gasteiger partial charge in [-0.2, -0.15) is 17.0 Å². The van der Waals surface area contributed by atoms with Crippen LogP contribution in [0, 0.1) is 5.41 Å². The molecule has 0 aromatic heterocycles. The molecule has 0 aromatic carbocycles. The molecule has 0 radical (unpaired) electrons. The molecule has 17 heavy (non-hydrogen) atoms. The maximum Gasteiger partial charge on any atom is 0.281 e. The van der Waals surface area contributed by atoms with Crippen molar-refractivity contribution in [3.05, 3.63) is 0 Å². The van der Waals surface area contributed by atoms with Crippen molar-refractivity contribution < 1.29 is 8.42 Å². The zero-order valence-corrected chi connectivity index (χ0v) is 12.5. The van der Waals surface area contributed by atoms with Crippen molar-refractivity contribution >= 4 is 21.8 Å². The average molecular weight is 283 g/mol. The Kier molecular flexibility index (Phi) is 5.25. The van der Waals surface area contributed by atoms with E-state index >= 15 is 0 Å². The molecule has 1 rings (SSSR count). The predicted molar refractivity (Wildman–Crippen MR) is 71.5 cm³/mol. The lowest BCUT2D eigenvalue weighted by molar-refractivity contribution is 0.179. The number of piperidine rings is 1. The van der Waals surface area contributed by atoms with Crippen LogP contribution in [0.2, 0.25) is 0 Å². The summed E-state index contributed by atoms with van der Waals surface area (Å²) in [6.45, 7) is 5.97. The van der Waals surface area contributed by atoms with Crippen LogP contribution in [-0.4, -0.2) is 49.6 Å². The minimum Gasteiger partial charge on any atom is -0.195 e. The van der Waals surface area contributed by atoms with Gasteiger partial charge in [-0.1, -0.05) is 13.8 Å². The molecule has 1 aliphatic rings. The van der Waals surface area contributed by atoms with E-state index in [1.807, 2.05) is 0 Å². The van der Waals surface area contributed by atoms with Crippen LogP contribution in [0.4, 0.5) is 0 Å². The highest BCUT2D eigenvalue weighted by atomic mass is 35.5. The van der Waals surface area contributed by atoms with Crippen molar-refractivity contribution in [1.82, 2.24) is 8.61 Å². The van der Waals surface area contributed by atoms with Crippen LogP contribution < -0.4 is 0 Å². The van der Waals surface area contributed by atoms with E-state index in [1.165, 1.54) is 4.31 Å². The monoisotopic (exact) mass is 282 g/mol.